The molecular weight excluding hydrogens is 443 g/mol. The molecule has 0 aromatic heterocycles. The third-order valence-electron chi connectivity index (χ3n) is 6.45. The molecule has 4 aromatic rings. The second-order valence-corrected chi connectivity index (χ2v) is 8.65. The van der Waals surface area contributed by atoms with Gasteiger partial charge in [0.2, 0.25) is 0 Å². The molecule has 1 aliphatic rings. The third kappa shape index (κ3) is 4.45. The molecule has 6 heteroatoms. The van der Waals surface area contributed by atoms with Crippen molar-refractivity contribution in [2.75, 3.05) is 25.1 Å². The topological polar surface area (TPSA) is 50.8 Å². The SMILES string of the molecule is COC(=O)c1cccc(N2CC(CN[C@H](C)c3cccc4ccccc34)Oc3ccccc32)c1F. The van der Waals surface area contributed by atoms with Crippen molar-refractivity contribution in [2.45, 2.75) is 19.1 Å². The molecule has 0 amide bonds. The van der Waals surface area contributed by atoms with Crippen molar-refractivity contribution in [2.24, 2.45) is 0 Å². The van der Waals surface area contributed by atoms with Crippen molar-refractivity contribution >= 4 is 28.1 Å². The number of ether oxygens (including phenoxy) is 2. The van der Waals surface area contributed by atoms with Crippen LogP contribution < -0.4 is 15.0 Å². The van der Waals surface area contributed by atoms with Gasteiger partial charge in [-0.3, -0.25) is 0 Å². The van der Waals surface area contributed by atoms with Crippen LogP contribution in [0, 0.1) is 5.82 Å². The fourth-order valence-corrected chi connectivity index (χ4v) is 4.68. The Morgan fingerprint density at radius 3 is 2.60 bits per heavy atom. The zero-order valence-corrected chi connectivity index (χ0v) is 19.7. The molecule has 2 atom stereocenters. The van der Waals surface area contributed by atoms with Gasteiger partial charge in [-0.15, -0.1) is 0 Å². The Kier molecular flexibility index (Phi) is 6.38. The minimum Gasteiger partial charge on any atom is -0.485 e. The molecule has 0 fully saturated rings. The number of esters is 1. The van der Waals surface area contributed by atoms with Crippen LogP contribution in [0.3, 0.4) is 0 Å². The number of benzene rings is 4. The lowest BCUT2D eigenvalue weighted by Gasteiger charge is -2.37. The molecule has 1 N–H and O–H groups in total. The highest BCUT2D eigenvalue weighted by molar-refractivity contribution is 5.91. The van der Waals surface area contributed by atoms with Crippen LogP contribution in [0.2, 0.25) is 0 Å². The molecule has 1 unspecified atom stereocenters. The normalized spacial score (nSPS) is 15.9. The van der Waals surface area contributed by atoms with Gasteiger partial charge in [-0.1, -0.05) is 60.7 Å². The predicted octanol–water partition coefficient (Wildman–Crippen LogP) is 6.02. The fourth-order valence-electron chi connectivity index (χ4n) is 4.68. The van der Waals surface area contributed by atoms with Crippen molar-refractivity contribution in [3.63, 3.8) is 0 Å². The van der Waals surface area contributed by atoms with E-state index >= 15 is 4.39 Å². The lowest BCUT2D eigenvalue weighted by atomic mass is 9.99. The molecule has 5 rings (SSSR count). The van der Waals surface area contributed by atoms with Gasteiger partial charge in [0.15, 0.2) is 5.82 Å². The Labute approximate surface area is 204 Å². The Morgan fingerprint density at radius 1 is 1.03 bits per heavy atom. The van der Waals surface area contributed by atoms with E-state index < -0.39 is 11.8 Å². The number of methoxy groups -OCH3 is 1. The number of anilines is 2. The zero-order chi connectivity index (χ0) is 24.4. The maximum atomic E-state index is 15.4. The Morgan fingerprint density at radius 2 is 1.74 bits per heavy atom. The number of carbonyl (C=O) groups is 1. The van der Waals surface area contributed by atoms with E-state index in [0.717, 1.165) is 5.69 Å². The van der Waals surface area contributed by atoms with Crippen LogP contribution in [-0.4, -0.2) is 32.3 Å². The lowest BCUT2D eigenvalue weighted by Crippen LogP contribution is -2.44. The quantitative estimate of drug-likeness (QED) is 0.350. The molecule has 4 aromatic carbocycles. The van der Waals surface area contributed by atoms with E-state index in [1.165, 1.54) is 29.5 Å². The summed E-state index contributed by atoms with van der Waals surface area (Å²) in [6.45, 7) is 3.12. The maximum Gasteiger partial charge on any atom is 0.340 e. The summed E-state index contributed by atoms with van der Waals surface area (Å²) in [4.78, 5) is 13.9. The first-order valence-electron chi connectivity index (χ1n) is 11.7. The van der Waals surface area contributed by atoms with E-state index in [1.54, 1.807) is 12.1 Å². The van der Waals surface area contributed by atoms with Crippen LogP contribution in [0.5, 0.6) is 5.75 Å². The number of hydrogen-bond acceptors (Lipinski definition) is 5. The average molecular weight is 471 g/mol. The minimum atomic E-state index is -0.701. The predicted molar refractivity (Wildman–Crippen MR) is 136 cm³/mol. The van der Waals surface area contributed by atoms with Crippen LogP contribution in [0.25, 0.3) is 10.8 Å². The van der Waals surface area contributed by atoms with Crippen molar-refractivity contribution in [1.82, 2.24) is 5.32 Å². The van der Waals surface area contributed by atoms with Crippen molar-refractivity contribution in [1.29, 1.82) is 0 Å². The zero-order valence-electron chi connectivity index (χ0n) is 19.7. The monoisotopic (exact) mass is 470 g/mol. The first-order valence-corrected chi connectivity index (χ1v) is 11.7. The molecule has 5 nitrogen and oxygen atoms in total. The average Bonchev–Trinajstić information content (AvgIpc) is 2.90. The Balaban J connectivity index is 1.40. The van der Waals surface area contributed by atoms with Crippen LogP contribution >= 0.6 is 0 Å². The molecule has 0 saturated carbocycles. The maximum absolute atomic E-state index is 15.4. The van der Waals surface area contributed by atoms with E-state index in [1.807, 2.05) is 35.2 Å². The summed E-state index contributed by atoms with van der Waals surface area (Å²) in [6, 6.07) is 27.1. The largest absolute Gasteiger partial charge is 0.485 e. The van der Waals surface area contributed by atoms with E-state index in [0.29, 0.717) is 24.5 Å². The number of carbonyl (C=O) groups excluding carboxylic acids is 1. The highest BCUT2D eigenvalue weighted by Gasteiger charge is 2.30. The summed E-state index contributed by atoms with van der Waals surface area (Å²) in [5.74, 6) is -0.633. The van der Waals surface area contributed by atoms with Gasteiger partial charge in [0.25, 0.3) is 0 Å². The highest BCUT2D eigenvalue weighted by atomic mass is 19.1. The van der Waals surface area contributed by atoms with E-state index in [-0.39, 0.29) is 17.7 Å². The van der Waals surface area contributed by atoms with Crippen molar-refractivity contribution < 1.29 is 18.7 Å². The summed E-state index contributed by atoms with van der Waals surface area (Å²) in [7, 11) is 1.25. The minimum absolute atomic E-state index is 0.0896. The number of nitrogens with one attached hydrogen (secondary N) is 1. The van der Waals surface area contributed by atoms with Gasteiger partial charge in [-0.25, -0.2) is 9.18 Å². The molecular formula is C29H27FN2O3. The number of nitrogens with zero attached hydrogens (tertiary/aromatic N) is 1. The van der Waals surface area contributed by atoms with E-state index in [2.05, 4.69) is 48.6 Å². The first kappa shape index (κ1) is 22.9. The summed E-state index contributed by atoms with van der Waals surface area (Å²) in [5.41, 5.74) is 2.20. The van der Waals surface area contributed by atoms with Gasteiger partial charge >= 0.3 is 5.97 Å². The van der Waals surface area contributed by atoms with Gasteiger partial charge in [0.1, 0.15) is 11.9 Å². The Hall–Kier alpha value is -3.90. The van der Waals surface area contributed by atoms with E-state index in [9.17, 15) is 4.79 Å². The van der Waals surface area contributed by atoms with Gasteiger partial charge in [0.05, 0.1) is 30.6 Å². The van der Waals surface area contributed by atoms with Crippen LogP contribution in [-0.2, 0) is 4.74 Å². The molecule has 1 aliphatic heterocycles. The van der Waals surface area contributed by atoms with Crippen molar-refractivity contribution in [3.05, 3.63) is 102 Å². The van der Waals surface area contributed by atoms with Crippen LogP contribution in [0.4, 0.5) is 15.8 Å². The number of fused-ring (bicyclic) bond motifs is 2. The summed E-state index contributed by atoms with van der Waals surface area (Å²) < 4.78 is 26.4. The molecule has 0 aliphatic carbocycles. The number of halogens is 1. The fraction of sp³-hybridized carbons (Fsp3) is 0.207. The molecule has 1 heterocycles. The number of para-hydroxylation sites is 2. The standard InChI is InChI=1S/C29H27FN2O3/c1-19(22-12-7-10-20-9-3-4-11-23(20)22)31-17-21-18-32(25-14-5-6-16-27(25)35-21)26-15-8-13-24(28(26)30)29(33)34-2/h3-16,19,21,31H,17-18H2,1-2H3/t19-,21?/m1/s1. The lowest BCUT2D eigenvalue weighted by molar-refractivity contribution is 0.0595. The molecule has 0 spiro atoms. The summed E-state index contributed by atoms with van der Waals surface area (Å²) >= 11 is 0. The number of rotatable bonds is 6. The first-order chi connectivity index (χ1) is 17.1. The van der Waals surface area contributed by atoms with E-state index in [4.69, 9.17) is 9.47 Å². The smallest absolute Gasteiger partial charge is 0.340 e. The van der Waals surface area contributed by atoms with Crippen molar-refractivity contribution in [3.8, 4) is 5.75 Å². The molecule has 0 radical (unpaired) electrons. The third-order valence-corrected chi connectivity index (χ3v) is 6.45. The molecule has 0 saturated heterocycles. The Bertz CT molecular complexity index is 1370. The molecule has 0 bridgehead atoms. The van der Waals surface area contributed by atoms with Crippen LogP contribution in [0.1, 0.15) is 28.9 Å². The van der Waals surface area contributed by atoms with Gasteiger partial charge in [0, 0.05) is 12.6 Å². The van der Waals surface area contributed by atoms with Gasteiger partial charge in [-0.05, 0) is 47.5 Å². The van der Waals surface area contributed by atoms with Gasteiger partial charge < -0.3 is 19.7 Å². The summed E-state index contributed by atoms with van der Waals surface area (Å²) in [5, 5.41) is 6.02. The van der Waals surface area contributed by atoms with Crippen LogP contribution in [0.15, 0.2) is 84.9 Å². The number of hydrogen-bond donors (Lipinski definition) is 1. The molecule has 178 valence electrons. The van der Waals surface area contributed by atoms with Gasteiger partial charge in [-0.2, -0.15) is 0 Å². The molecule has 35 heavy (non-hydrogen) atoms. The second kappa shape index (κ2) is 9.76. The summed E-state index contributed by atoms with van der Waals surface area (Å²) in [6.07, 6.45) is -0.233. The second-order valence-electron chi connectivity index (χ2n) is 8.65. The highest BCUT2D eigenvalue weighted by Crippen LogP contribution is 2.39.